The third-order valence-corrected chi connectivity index (χ3v) is 5.27. The zero-order valence-corrected chi connectivity index (χ0v) is 16.4. The van der Waals surface area contributed by atoms with Gasteiger partial charge >= 0.3 is 6.18 Å². The third-order valence-electron chi connectivity index (χ3n) is 5.27. The zero-order valence-electron chi connectivity index (χ0n) is 16.4. The lowest BCUT2D eigenvalue weighted by molar-refractivity contribution is -0.385. The number of H-pyrrole nitrogens is 1. The minimum atomic E-state index is -4.46. The van der Waals surface area contributed by atoms with E-state index in [-0.39, 0.29) is 30.2 Å². The number of aromatic nitrogens is 2. The van der Waals surface area contributed by atoms with Gasteiger partial charge in [-0.2, -0.15) is 13.2 Å². The highest BCUT2D eigenvalue weighted by atomic mass is 19.4. The lowest BCUT2D eigenvalue weighted by atomic mass is 10.0. The average Bonchev–Trinajstić information content (AvgIpc) is 2.75. The van der Waals surface area contributed by atoms with Gasteiger partial charge in [0.1, 0.15) is 11.6 Å². The maximum absolute atomic E-state index is 14.1. The first-order valence-corrected chi connectivity index (χ1v) is 9.56. The molecule has 0 radical (unpaired) electrons. The Morgan fingerprint density at radius 3 is 2.53 bits per heavy atom. The highest BCUT2D eigenvalue weighted by Crippen LogP contribution is 2.30. The molecule has 1 aliphatic rings. The number of alkyl halides is 3. The SMILES string of the molecule is O=c1[nH]c(-c2ccc(C(F)(F)F)cc2)nc2c1CN(Cc1cc([N+](=O)[O-])ccc1F)CC2. The Hall–Kier alpha value is -3.60. The van der Waals surface area contributed by atoms with E-state index in [2.05, 4.69) is 9.97 Å². The summed E-state index contributed by atoms with van der Waals surface area (Å²) in [6.45, 7) is 0.665. The van der Waals surface area contributed by atoms with Crippen LogP contribution in [0.25, 0.3) is 11.4 Å². The van der Waals surface area contributed by atoms with Crippen molar-refractivity contribution < 1.29 is 22.5 Å². The van der Waals surface area contributed by atoms with E-state index < -0.39 is 28.0 Å². The monoisotopic (exact) mass is 448 g/mol. The quantitative estimate of drug-likeness (QED) is 0.369. The second kappa shape index (κ2) is 8.15. The summed E-state index contributed by atoms with van der Waals surface area (Å²) in [7, 11) is 0. The number of rotatable bonds is 4. The lowest BCUT2D eigenvalue weighted by Gasteiger charge is -2.27. The van der Waals surface area contributed by atoms with Gasteiger partial charge in [0, 0.05) is 49.3 Å². The minimum Gasteiger partial charge on any atom is -0.306 e. The topological polar surface area (TPSA) is 92.1 Å². The van der Waals surface area contributed by atoms with Gasteiger partial charge in [-0.05, 0) is 18.2 Å². The van der Waals surface area contributed by atoms with E-state index in [9.17, 15) is 32.5 Å². The summed E-state index contributed by atoms with van der Waals surface area (Å²) in [5, 5.41) is 10.9. The lowest BCUT2D eigenvalue weighted by Crippen LogP contribution is -2.35. The predicted molar refractivity (Wildman–Crippen MR) is 106 cm³/mol. The van der Waals surface area contributed by atoms with Crippen molar-refractivity contribution in [2.45, 2.75) is 25.7 Å². The van der Waals surface area contributed by atoms with Gasteiger partial charge in [0.05, 0.1) is 21.7 Å². The Bertz CT molecular complexity index is 1240. The normalized spacial score (nSPS) is 14.2. The predicted octanol–water partition coefficient (Wildman–Crippen LogP) is 4.06. The maximum Gasteiger partial charge on any atom is 0.416 e. The molecule has 1 N–H and O–H groups in total. The number of nitrogens with zero attached hydrogens (tertiary/aromatic N) is 3. The molecule has 1 aliphatic heterocycles. The molecule has 7 nitrogen and oxygen atoms in total. The smallest absolute Gasteiger partial charge is 0.306 e. The molecule has 0 fully saturated rings. The molecule has 11 heteroatoms. The van der Waals surface area contributed by atoms with Crippen LogP contribution in [0.2, 0.25) is 0 Å². The van der Waals surface area contributed by atoms with Gasteiger partial charge < -0.3 is 4.98 Å². The first-order valence-electron chi connectivity index (χ1n) is 9.56. The van der Waals surface area contributed by atoms with Crippen molar-refractivity contribution in [1.82, 2.24) is 14.9 Å². The van der Waals surface area contributed by atoms with Crippen LogP contribution < -0.4 is 5.56 Å². The molecule has 0 bridgehead atoms. The van der Waals surface area contributed by atoms with Crippen molar-refractivity contribution in [2.24, 2.45) is 0 Å². The van der Waals surface area contributed by atoms with Crippen LogP contribution in [0.15, 0.2) is 47.3 Å². The minimum absolute atomic E-state index is 0.0764. The van der Waals surface area contributed by atoms with E-state index in [0.717, 1.165) is 24.3 Å². The average molecular weight is 448 g/mol. The number of nitro benzene ring substituents is 1. The van der Waals surface area contributed by atoms with Gasteiger partial charge in [0.15, 0.2) is 0 Å². The Morgan fingerprint density at radius 2 is 1.88 bits per heavy atom. The molecule has 1 aromatic heterocycles. The number of nitrogens with one attached hydrogen (secondary N) is 1. The van der Waals surface area contributed by atoms with Crippen LogP contribution in [0.5, 0.6) is 0 Å². The number of non-ortho nitro benzene ring substituents is 1. The number of fused-ring (bicyclic) bond motifs is 1. The van der Waals surface area contributed by atoms with Gasteiger partial charge in [-0.1, -0.05) is 12.1 Å². The van der Waals surface area contributed by atoms with Gasteiger partial charge in [0.2, 0.25) is 0 Å². The van der Waals surface area contributed by atoms with Gasteiger partial charge in [0.25, 0.3) is 11.2 Å². The summed E-state index contributed by atoms with van der Waals surface area (Å²) < 4.78 is 52.4. The number of hydrogen-bond acceptors (Lipinski definition) is 5. The first-order chi connectivity index (χ1) is 15.1. The number of hydrogen-bond donors (Lipinski definition) is 1. The van der Waals surface area contributed by atoms with Crippen LogP contribution in [-0.4, -0.2) is 26.3 Å². The molecule has 0 saturated heterocycles. The molecular weight excluding hydrogens is 432 g/mol. The van der Waals surface area contributed by atoms with E-state index in [4.69, 9.17) is 0 Å². The summed E-state index contributed by atoms with van der Waals surface area (Å²) in [4.78, 5) is 31.7. The fraction of sp³-hybridized carbons (Fsp3) is 0.238. The number of aromatic amines is 1. The summed E-state index contributed by atoms with van der Waals surface area (Å²) in [6.07, 6.45) is -4.10. The van der Waals surface area contributed by atoms with Crippen molar-refractivity contribution >= 4 is 5.69 Å². The Kier molecular flexibility index (Phi) is 5.51. The second-order valence-corrected chi connectivity index (χ2v) is 7.41. The Balaban J connectivity index is 1.56. The second-order valence-electron chi connectivity index (χ2n) is 7.41. The van der Waals surface area contributed by atoms with E-state index in [0.29, 0.717) is 29.8 Å². The van der Waals surface area contributed by atoms with Crippen LogP contribution in [-0.2, 0) is 25.7 Å². The van der Waals surface area contributed by atoms with Crippen LogP contribution in [0, 0.1) is 15.9 Å². The summed E-state index contributed by atoms with van der Waals surface area (Å²) in [6, 6.07) is 7.62. The van der Waals surface area contributed by atoms with E-state index in [1.807, 2.05) is 0 Å². The third kappa shape index (κ3) is 4.37. The first kappa shape index (κ1) is 21.6. The van der Waals surface area contributed by atoms with Crippen LogP contribution in [0.3, 0.4) is 0 Å². The summed E-state index contributed by atoms with van der Waals surface area (Å²) >= 11 is 0. The molecular formula is C21H16F4N4O3. The number of halogens is 4. The van der Waals surface area contributed by atoms with Gasteiger partial charge in [-0.3, -0.25) is 19.8 Å². The highest BCUT2D eigenvalue weighted by Gasteiger charge is 2.30. The van der Waals surface area contributed by atoms with Gasteiger partial charge in [-0.25, -0.2) is 9.37 Å². The molecule has 0 saturated carbocycles. The summed E-state index contributed by atoms with van der Waals surface area (Å²) in [5.74, 6) is -0.410. The largest absolute Gasteiger partial charge is 0.416 e. The van der Waals surface area contributed by atoms with E-state index in [1.165, 1.54) is 18.2 Å². The molecule has 2 heterocycles. The van der Waals surface area contributed by atoms with E-state index >= 15 is 0 Å². The molecule has 2 aromatic carbocycles. The fourth-order valence-corrected chi connectivity index (χ4v) is 3.61. The molecule has 0 spiro atoms. The standard InChI is InChI=1S/C21H16F4N4O3/c22-17-6-5-15(29(31)32)9-13(17)10-28-8-7-18-16(11-28)20(30)27-19(26-18)12-1-3-14(4-2-12)21(23,24)25/h1-6,9H,7-8,10-11H2,(H,26,27,30). The Labute approximate surface area is 178 Å². The molecule has 0 amide bonds. The fourth-order valence-electron chi connectivity index (χ4n) is 3.61. The van der Waals surface area contributed by atoms with Crippen LogP contribution >= 0.6 is 0 Å². The molecule has 0 atom stereocenters. The van der Waals surface area contributed by atoms with Crippen molar-refractivity contribution in [3.05, 3.63) is 91.1 Å². The van der Waals surface area contributed by atoms with Gasteiger partial charge in [-0.15, -0.1) is 0 Å². The molecule has 0 aliphatic carbocycles. The molecule has 4 rings (SSSR count). The maximum atomic E-state index is 14.1. The number of nitro groups is 1. The Morgan fingerprint density at radius 1 is 1.16 bits per heavy atom. The molecule has 32 heavy (non-hydrogen) atoms. The zero-order chi connectivity index (χ0) is 23.0. The molecule has 3 aromatic rings. The highest BCUT2D eigenvalue weighted by molar-refractivity contribution is 5.56. The van der Waals surface area contributed by atoms with E-state index in [1.54, 1.807) is 4.90 Å². The van der Waals surface area contributed by atoms with Crippen molar-refractivity contribution in [3.8, 4) is 11.4 Å². The summed E-state index contributed by atoms with van der Waals surface area (Å²) in [5.41, 5.74) is -0.0798. The van der Waals surface area contributed by atoms with Crippen LogP contribution in [0.4, 0.5) is 23.2 Å². The van der Waals surface area contributed by atoms with Crippen molar-refractivity contribution in [2.75, 3.05) is 6.54 Å². The molecule has 0 unspecified atom stereocenters. The molecule has 166 valence electrons. The van der Waals surface area contributed by atoms with Crippen LogP contribution in [0.1, 0.15) is 22.4 Å². The van der Waals surface area contributed by atoms with Crippen molar-refractivity contribution in [1.29, 1.82) is 0 Å². The van der Waals surface area contributed by atoms with Crippen molar-refractivity contribution in [3.63, 3.8) is 0 Å². The number of benzene rings is 2.